The van der Waals surface area contributed by atoms with Crippen LogP contribution in [0.1, 0.15) is 42.3 Å². The lowest BCUT2D eigenvalue weighted by atomic mass is 9.97. The fourth-order valence-corrected chi connectivity index (χ4v) is 1.40. The van der Waals surface area contributed by atoms with Gasteiger partial charge in [0.1, 0.15) is 0 Å². The fraction of sp³-hybridized carbons (Fsp3) is 0.200. The third-order valence-electron chi connectivity index (χ3n) is 2.53. The largest absolute Gasteiger partial charge is 0.295 e. The molecule has 82 valence electrons. The summed E-state index contributed by atoms with van der Waals surface area (Å²) in [6.45, 7) is 12.9. The molecule has 0 unspecified atom stereocenters. The average Bonchev–Trinajstić information content (AvgIpc) is 2.27. The molecule has 1 nitrogen and oxygen atoms in total. The molecule has 0 radical (unpaired) electrons. The zero-order chi connectivity index (χ0) is 12.3. The molecule has 0 amide bonds. The first-order valence-electron chi connectivity index (χ1n) is 5.14. The zero-order valence-corrected chi connectivity index (χ0v) is 10.1. The summed E-state index contributed by atoms with van der Waals surface area (Å²) in [6.07, 6.45) is 0. The molecule has 0 atom stereocenters. The molecule has 0 heterocycles. The second-order valence-electron chi connectivity index (χ2n) is 3.94. The highest BCUT2D eigenvalue weighted by molar-refractivity contribution is 5.96. The predicted molar refractivity (Wildman–Crippen MR) is 69.4 cm³/mol. The number of hydrogen-bond acceptors (Lipinski definition) is 1. The van der Waals surface area contributed by atoms with Gasteiger partial charge in [-0.1, -0.05) is 18.7 Å². The van der Waals surface area contributed by atoms with Gasteiger partial charge in [-0.05, 0) is 55.7 Å². The molecule has 0 fully saturated rings. The van der Waals surface area contributed by atoms with Crippen molar-refractivity contribution < 1.29 is 4.79 Å². The lowest BCUT2D eigenvalue weighted by molar-refractivity contribution is 0.101. The molecule has 1 rings (SSSR count). The smallest absolute Gasteiger partial charge is 0.159 e. The molecule has 16 heavy (non-hydrogen) atoms. The van der Waals surface area contributed by atoms with Crippen LogP contribution in [0, 0.1) is 0 Å². The van der Waals surface area contributed by atoms with E-state index in [-0.39, 0.29) is 5.78 Å². The van der Waals surface area contributed by atoms with E-state index >= 15 is 0 Å². The Hall–Kier alpha value is -1.85. The summed E-state index contributed by atoms with van der Waals surface area (Å²) in [6, 6.07) is 5.73. The molecule has 0 bridgehead atoms. The molecular weight excluding hydrogens is 196 g/mol. The molecule has 1 heteroatoms. The third-order valence-corrected chi connectivity index (χ3v) is 2.53. The van der Waals surface area contributed by atoms with E-state index in [9.17, 15) is 4.79 Å². The van der Waals surface area contributed by atoms with Gasteiger partial charge in [0.2, 0.25) is 0 Å². The first-order valence-corrected chi connectivity index (χ1v) is 5.14. The van der Waals surface area contributed by atoms with E-state index in [2.05, 4.69) is 18.9 Å². The van der Waals surface area contributed by atoms with E-state index in [1.54, 1.807) is 6.92 Å². The summed E-state index contributed by atoms with van der Waals surface area (Å²) < 4.78 is 0. The van der Waals surface area contributed by atoms with Gasteiger partial charge in [0, 0.05) is 5.56 Å². The summed E-state index contributed by atoms with van der Waals surface area (Å²) in [5.74, 6) is 0.0567. The van der Waals surface area contributed by atoms with Crippen molar-refractivity contribution in [2.24, 2.45) is 0 Å². The maximum atomic E-state index is 11.4. The molecule has 0 saturated heterocycles. The molecule has 1 aromatic carbocycles. The van der Waals surface area contributed by atoms with Crippen LogP contribution in [0.4, 0.5) is 0 Å². The number of allylic oxidation sites excluding steroid dienone is 2. The highest BCUT2D eigenvalue weighted by Crippen LogP contribution is 2.21. The van der Waals surface area contributed by atoms with Crippen LogP contribution < -0.4 is 0 Å². The van der Waals surface area contributed by atoms with Crippen molar-refractivity contribution in [3.05, 3.63) is 53.8 Å². The summed E-state index contributed by atoms with van der Waals surface area (Å²) in [5, 5.41) is 0. The van der Waals surface area contributed by atoms with Crippen LogP contribution >= 0.6 is 0 Å². The van der Waals surface area contributed by atoms with Gasteiger partial charge in [-0.3, -0.25) is 4.79 Å². The van der Waals surface area contributed by atoms with Crippen molar-refractivity contribution in [2.45, 2.75) is 20.8 Å². The summed E-state index contributed by atoms with van der Waals surface area (Å²) >= 11 is 0. The van der Waals surface area contributed by atoms with Crippen LogP contribution in [-0.2, 0) is 0 Å². The number of Topliss-reactive ketones (excluding diaryl/α,β-unsaturated/α-hetero) is 1. The minimum atomic E-state index is 0.0567. The second kappa shape index (κ2) is 4.78. The number of rotatable bonds is 3. The Morgan fingerprint density at radius 2 is 1.56 bits per heavy atom. The molecule has 0 spiro atoms. The SMILES string of the molecule is C=C=C(C)c1cc(C(=C)C)cc(C(C)=O)c1. The third kappa shape index (κ3) is 2.59. The summed E-state index contributed by atoms with van der Waals surface area (Å²) in [4.78, 5) is 11.4. The number of hydrogen-bond donors (Lipinski definition) is 0. The van der Waals surface area contributed by atoms with Gasteiger partial charge in [0.15, 0.2) is 5.78 Å². The maximum Gasteiger partial charge on any atom is 0.159 e. The Bertz CT molecular complexity index is 468. The van der Waals surface area contributed by atoms with Crippen LogP contribution in [0.25, 0.3) is 11.1 Å². The van der Waals surface area contributed by atoms with Crippen LogP contribution in [0.5, 0.6) is 0 Å². The second-order valence-corrected chi connectivity index (χ2v) is 3.94. The minimum Gasteiger partial charge on any atom is -0.295 e. The lowest BCUT2D eigenvalue weighted by Crippen LogP contribution is -1.95. The summed E-state index contributed by atoms with van der Waals surface area (Å²) in [5.41, 5.74) is 7.38. The Balaban J connectivity index is 3.47. The predicted octanol–water partition coefficient (Wildman–Crippen LogP) is 4.11. The highest BCUT2D eigenvalue weighted by Gasteiger charge is 2.06. The van der Waals surface area contributed by atoms with Crippen molar-refractivity contribution in [2.75, 3.05) is 0 Å². The van der Waals surface area contributed by atoms with E-state index < -0.39 is 0 Å². The van der Waals surface area contributed by atoms with Crippen LogP contribution in [0.3, 0.4) is 0 Å². The molecule has 0 saturated carbocycles. The van der Waals surface area contributed by atoms with Crippen LogP contribution in [-0.4, -0.2) is 5.78 Å². The van der Waals surface area contributed by atoms with Gasteiger partial charge in [0.05, 0.1) is 0 Å². The van der Waals surface area contributed by atoms with E-state index in [0.717, 1.165) is 22.3 Å². The lowest BCUT2D eigenvalue weighted by Gasteiger charge is -2.07. The molecule has 0 aliphatic carbocycles. The normalized spacial score (nSPS) is 9.44. The summed E-state index contributed by atoms with van der Waals surface area (Å²) in [7, 11) is 0. The van der Waals surface area contributed by atoms with Gasteiger partial charge >= 0.3 is 0 Å². The average molecular weight is 212 g/mol. The molecule has 0 aromatic heterocycles. The van der Waals surface area contributed by atoms with Crippen molar-refractivity contribution in [1.82, 2.24) is 0 Å². The van der Waals surface area contributed by atoms with Crippen LogP contribution in [0.15, 0.2) is 37.1 Å². The Morgan fingerprint density at radius 3 is 2.00 bits per heavy atom. The Kier molecular flexibility index (Phi) is 3.65. The first-order chi connectivity index (χ1) is 7.45. The van der Waals surface area contributed by atoms with Gasteiger partial charge in [0.25, 0.3) is 0 Å². The van der Waals surface area contributed by atoms with Gasteiger partial charge < -0.3 is 0 Å². The zero-order valence-electron chi connectivity index (χ0n) is 10.1. The first kappa shape index (κ1) is 12.2. The molecule has 0 N–H and O–H groups in total. The van der Waals surface area contributed by atoms with Crippen molar-refractivity contribution >= 4 is 16.9 Å². The van der Waals surface area contributed by atoms with Crippen LogP contribution in [0.2, 0.25) is 0 Å². The highest BCUT2D eigenvalue weighted by atomic mass is 16.1. The monoisotopic (exact) mass is 212 g/mol. The van der Waals surface area contributed by atoms with Crippen molar-refractivity contribution in [3.8, 4) is 0 Å². The number of carbonyl (C=O) groups is 1. The topological polar surface area (TPSA) is 17.1 Å². The van der Waals surface area contributed by atoms with E-state index in [4.69, 9.17) is 0 Å². The minimum absolute atomic E-state index is 0.0567. The number of ketones is 1. The maximum absolute atomic E-state index is 11.4. The standard InChI is InChI=1S/C15H16O/c1-6-11(4)14-7-13(10(2)3)8-15(9-14)12(5)16/h7-9H,1-2H2,3-5H3. The van der Waals surface area contributed by atoms with Gasteiger partial charge in [-0.2, -0.15) is 0 Å². The van der Waals surface area contributed by atoms with E-state index in [1.807, 2.05) is 32.0 Å². The fourth-order valence-electron chi connectivity index (χ4n) is 1.40. The molecule has 1 aromatic rings. The van der Waals surface area contributed by atoms with E-state index in [1.165, 1.54) is 0 Å². The van der Waals surface area contributed by atoms with Gasteiger partial charge in [-0.25, -0.2) is 0 Å². The molecule has 0 aliphatic heterocycles. The Morgan fingerprint density at radius 1 is 1.06 bits per heavy atom. The number of benzene rings is 1. The van der Waals surface area contributed by atoms with Crippen molar-refractivity contribution in [1.29, 1.82) is 0 Å². The molecular formula is C15H16O. The molecule has 0 aliphatic rings. The Labute approximate surface area is 96.8 Å². The van der Waals surface area contributed by atoms with Crippen molar-refractivity contribution in [3.63, 3.8) is 0 Å². The quantitative estimate of drug-likeness (QED) is 0.544. The van der Waals surface area contributed by atoms with Gasteiger partial charge in [-0.15, -0.1) is 5.73 Å². The van der Waals surface area contributed by atoms with E-state index in [0.29, 0.717) is 5.56 Å². The number of carbonyl (C=O) groups excluding carboxylic acids is 1.